The van der Waals surface area contributed by atoms with Gasteiger partial charge in [-0.15, -0.1) is 13.2 Å². The van der Waals surface area contributed by atoms with E-state index in [2.05, 4.69) is 13.2 Å². The van der Waals surface area contributed by atoms with E-state index in [0.717, 1.165) is 24.8 Å². The van der Waals surface area contributed by atoms with Gasteiger partial charge in [0.15, 0.2) is 5.54 Å². The van der Waals surface area contributed by atoms with Gasteiger partial charge < -0.3 is 4.74 Å². The Bertz CT molecular complexity index is 658. The summed E-state index contributed by atoms with van der Waals surface area (Å²) in [6.45, 7) is 7.82. The van der Waals surface area contributed by atoms with E-state index in [1.165, 1.54) is 19.3 Å². The molecule has 0 spiro atoms. The fourth-order valence-corrected chi connectivity index (χ4v) is 4.36. The molecule has 0 saturated heterocycles. The van der Waals surface area contributed by atoms with Crippen LogP contribution in [-0.4, -0.2) is 17.4 Å². The van der Waals surface area contributed by atoms with Gasteiger partial charge >= 0.3 is 5.97 Å². The number of esters is 1. The second-order valence-corrected chi connectivity index (χ2v) is 7.12. The maximum atomic E-state index is 13.0. The molecule has 1 heterocycles. The summed E-state index contributed by atoms with van der Waals surface area (Å²) in [6.07, 6.45) is 11.1. The van der Waals surface area contributed by atoms with Crippen LogP contribution < -0.4 is 0 Å². The van der Waals surface area contributed by atoms with Crippen molar-refractivity contribution in [3.8, 4) is 0 Å². The smallest absolute Gasteiger partial charge is 0.341 e. The summed E-state index contributed by atoms with van der Waals surface area (Å²) in [6, 6.07) is 9.67. The average molecular weight is 337 g/mol. The summed E-state index contributed by atoms with van der Waals surface area (Å²) in [5.41, 5.74) is -0.00821. The van der Waals surface area contributed by atoms with Crippen LogP contribution in [0.25, 0.3) is 0 Å². The first-order chi connectivity index (χ1) is 12.2. The van der Waals surface area contributed by atoms with Crippen molar-refractivity contribution in [2.24, 2.45) is 16.8 Å². The molecular weight excluding hydrogens is 310 g/mol. The average Bonchev–Trinajstić information content (AvgIpc) is 2.99. The zero-order valence-corrected chi connectivity index (χ0v) is 14.8. The molecule has 3 heteroatoms. The number of rotatable bonds is 7. The van der Waals surface area contributed by atoms with Crippen molar-refractivity contribution >= 4 is 11.9 Å². The summed E-state index contributed by atoms with van der Waals surface area (Å²) in [7, 11) is 0. The van der Waals surface area contributed by atoms with Crippen LogP contribution in [0.3, 0.4) is 0 Å². The first kappa shape index (κ1) is 17.7. The number of benzene rings is 1. The van der Waals surface area contributed by atoms with Gasteiger partial charge in [0, 0.05) is 17.9 Å². The first-order valence-corrected chi connectivity index (χ1v) is 9.30. The lowest BCUT2D eigenvalue weighted by Gasteiger charge is -2.38. The van der Waals surface area contributed by atoms with Crippen LogP contribution in [-0.2, 0) is 9.53 Å². The highest BCUT2D eigenvalue weighted by Gasteiger charge is 2.53. The van der Waals surface area contributed by atoms with Crippen molar-refractivity contribution in [3.05, 3.63) is 61.2 Å². The molecule has 1 aliphatic carbocycles. The Morgan fingerprint density at radius 1 is 1.16 bits per heavy atom. The van der Waals surface area contributed by atoms with Gasteiger partial charge in [-0.2, -0.15) is 0 Å². The highest BCUT2D eigenvalue weighted by Crippen LogP contribution is 2.44. The molecule has 3 nitrogen and oxygen atoms in total. The topological polar surface area (TPSA) is 38.7 Å². The van der Waals surface area contributed by atoms with Crippen molar-refractivity contribution in [3.63, 3.8) is 0 Å². The normalized spacial score (nSPS) is 25.1. The van der Waals surface area contributed by atoms with E-state index in [4.69, 9.17) is 9.73 Å². The van der Waals surface area contributed by atoms with Crippen LogP contribution in [0.4, 0.5) is 0 Å². The molecule has 0 N–H and O–H groups in total. The molecule has 0 bridgehead atoms. The molecule has 25 heavy (non-hydrogen) atoms. The molecule has 132 valence electrons. The molecule has 2 atom stereocenters. The SMILES string of the molecule is C=CC[C@@H](C1CCCCC1)[C@@]1(CC=C)N=C(c2ccccc2)OC1=O. The third kappa shape index (κ3) is 3.46. The number of hydrogen-bond acceptors (Lipinski definition) is 3. The molecular formula is C22H27NO2. The predicted molar refractivity (Wildman–Crippen MR) is 101 cm³/mol. The minimum absolute atomic E-state index is 0.122. The highest BCUT2D eigenvalue weighted by molar-refractivity contribution is 6.08. The van der Waals surface area contributed by atoms with Gasteiger partial charge in [-0.05, 0) is 24.5 Å². The number of allylic oxidation sites excluding steroid dienone is 1. The zero-order chi connectivity index (χ0) is 17.7. The van der Waals surface area contributed by atoms with E-state index in [-0.39, 0.29) is 11.9 Å². The largest absolute Gasteiger partial charge is 0.405 e. The van der Waals surface area contributed by atoms with Crippen LogP contribution in [0.15, 0.2) is 60.6 Å². The Labute approximate surface area is 150 Å². The standard InChI is InChI=1S/C22H27NO2/c1-3-11-19(17-12-7-5-8-13-17)22(16-4-2)21(24)25-20(23-22)18-14-9-6-10-15-18/h3-4,6,9-10,14-15,17,19H,1-2,5,7-8,11-13,16H2/t19-,22+/m0/s1. The maximum absolute atomic E-state index is 13.0. The van der Waals surface area contributed by atoms with Crippen LogP contribution in [0, 0.1) is 11.8 Å². The zero-order valence-electron chi connectivity index (χ0n) is 14.8. The lowest BCUT2D eigenvalue weighted by molar-refractivity contribution is -0.142. The Kier molecular flexibility index (Phi) is 5.52. The third-order valence-corrected chi connectivity index (χ3v) is 5.57. The van der Waals surface area contributed by atoms with Crippen molar-refractivity contribution in [1.29, 1.82) is 0 Å². The van der Waals surface area contributed by atoms with Crippen LogP contribution in [0.5, 0.6) is 0 Å². The van der Waals surface area contributed by atoms with E-state index in [0.29, 0.717) is 18.2 Å². The second-order valence-electron chi connectivity index (χ2n) is 7.12. The second kappa shape index (κ2) is 7.81. The Balaban J connectivity index is 2.00. The van der Waals surface area contributed by atoms with Gasteiger partial charge in [0.1, 0.15) is 0 Å². The number of hydrogen-bond donors (Lipinski definition) is 0. The van der Waals surface area contributed by atoms with Crippen molar-refractivity contribution in [1.82, 2.24) is 0 Å². The minimum atomic E-state index is -0.858. The third-order valence-electron chi connectivity index (χ3n) is 5.57. The summed E-state index contributed by atoms with van der Waals surface area (Å²) in [4.78, 5) is 17.9. The molecule has 0 aromatic heterocycles. The van der Waals surface area contributed by atoms with Crippen molar-refractivity contribution in [2.75, 3.05) is 0 Å². The van der Waals surface area contributed by atoms with Crippen molar-refractivity contribution in [2.45, 2.75) is 50.5 Å². The lowest BCUT2D eigenvalue weighted by Crippen LogP contribution is -2.45. The quantitative estimate of drug-likeness (QED) is 0.514. The fourth-order valence-electron chi connectivity index (χ4n) is 4.36. The van der Waals surface area contributed by atoms with Gasteiger partial charge in [0.2, 0.25) is 5.90 Å². The molecule has 3 rings (SSSR count). The lowest BCUT2D eigenvalue weighted by atomic mass is 9.68. The molecule has 1 aliphatic heterocycles. The van der Waals surface area contributed by atoms with Gasteiger partial charge in [0.05, 0.1) is 0 Å². The molecule has 0 unspecified atom stereocenters. The van der Waals surface area contributed by atoms with Crippen LogP contribution >= 0.6 is 0 Å². The fraction of sp³-hybridized carbons (Fsp3) is 0.455. The van der Waals surface area contributed by atoms with E-state index >= 15 is 0 Å². The molecule has 1 fully saturated rings. The summed E-state index contributed by atoms with van der Waals surface area (Å²) in [5, 5.41) is 0. The molecule has 1 aromatic rings. The molecule has 0 radical (unpaired) electrons. The number of carbonyl (C=O) groups is 1. The summed E-state index contributed by atoms with van der Waals surface area (Å²) in [5.74, 6) is 0.816. The molecule has 0 amide bonds. The van der Waals surface area contributed by atoms with Gasteiger partial charge in [-0.1, -0.05) is 62.5 Å². The number of nitrogens with zero attached hydrogens (tertiary/aromatic N) is 1. The van der Waals surface area contributed by atoms with E-state index in [9.17, 15) is 4.79 Å². The minimum Gasteiger partial charge on any atom is -0.405 e. The van der Waals surface area contributed by atoms with Crippen LogP contribution in [0.2, 0.25) is 0 Å². The monoisotopic (exact) mass is 337 g/mol. The maximum Gasteiger partial charge on any atom is 0.341 e. The Morgan fingerprint density at radius 3 is 2.52 bits per heavy atom. The molecule has 2 aliphatic rings. The van der Waals surface area contributed by atoms with Gasteiger partial charge in [-0.25, -0.2) is 9.79 Å². The summed E-state index contributed by atoms with van der Waals surface area (Å²) >= 11 is 0. The predicted octanol–water partition coefficient (Wildman–Crippen LogP) is 5.08. The van der Waals surface area contributed by atoms with E-state index in [1.54, 1.807) is 6.08 Å². The summed E-state index contributed by atoms with van der Waals surface area (Å²) < 4.78 is 5.66. The molecule has 1 aromatic carbocycles. The van der Waals surface area contributed by atoms with Gasteiger partial charge in [-0.3, -0.25) is 0 Å². The number of aliphatic imine (C=N–C) groups is 1. The van der Waals surface area contributed by atoms with Crippen molar-refractivity contribution < 1.29 is 9.53 Å². The molecule has 1 saturated carbocycles. The number of ether oxygens (including phenoxy) is 1. The Morgan fingerprint density at radius 2 is 1.88 bits per heavy atom. The first-order valence-electron chi connectivity index (χ1n) is 9.30. The number of carbonyl (C=O) groups excluding carboxylic acids is 1. The van der Waals surface area contributed by atoms with E-state index < -0.39 is 5.54 Å². The van der Waals surface area contributed by atoms with Crippen LogP contribution in [0.1, 0.15) is 50.5 Å². The number of cyclic esters (lactones) is 1. The Hall–Kier alpha value is -2.16. The van der Waals surface area contributed by atoms with Gasteiger partial charge in [0.25, 0.3) is 0 Å². The highest BCUT2D eigenvalue weighted by atomic mass is 16.6. The van der Waals surface area contributed by atoms with E-state index in [1.807, 2.05) is 36.4 Å².